The molecule has 2 aliphatic heterocycles. The van der Waals surface area contributed by atoms with Gasteiger partial charge in [-0.05, 0) is 104 Å². The van der Waals surface area contributed by atoms with E-state index in [-0.39, 0.29) is 11.3 Å². The lowest BCUT2D eigenvalue weighted by Gasteiger charge is -2.29. The van der Waals surface area contributed by atoms with Crippen molar-refractivity contribution >= 4 is 48.7 Å². The zero-order chi connectivity index (χ0) is 47.9. The van der Waals surface area contributed by atoms with Crippen molar-refractivity contribution in [1.29, 1.82) is 0 Å². The van der Waals surface area contributed by atoms with Gasteiger partial charge in [-0.15, -0.1) is 0 Å². The molecule has 3 N–H and O–H groups in total. The topological polar surface area (TPSA) is 144 Å². The predicted octanol–water partition coefficient (Wildman–Crippen LogP) is 8.25. The average Bonchev–Trinajstić information content (AvgIpc) is 3.53. The van der Waals surface area contributed by atoms with E-state index in [2.05, 4.69) is 109 Å². The first-order valence-electron chi connectivity index (χ1n) is 22.5. The molecule has 0 unspecified atom stereocenters. The molecule has 0 saturated carbocycles. The highest BCUT2D eigenvalue weighted by Gasteiger charge is 2.45. The Morgan fingerprint density at radius 3 is 2.05 bits per heavy atom. The zero-order valence-corrected chi connectivity index (χ0v) is 41.8. The third kappa shape index (κ3) is 11.6. The summed E-state index contributed by atoms with van der Waals surface area (Å²) in [5.74, 6) is -0.891. The molecule has 12 nitrogen and oxygen atoms in total. The van der Waals surface area contributed by atoms with Crippen molar-refractivity contribution < 1.29 is 44.8 Å². The molecule has 0 bridgehead atoms. The summed E-state index contributed by atoms with van der Waals surface area (Å²) in [7, 11) is 5.22. The van der Waals surface area contributed by atoms with Crippen LogP contribution in [0, 0.1) is 0 Å². The van der Waals surface area contributed by atoms with Gasteiger partial charge in [-0.3, -0.25) is 9.35 Å². The molecule has 3 aromatic rings. The minimum Gasteiger partial charge on any atom is -0.481 e. The second-order valence-electron chi connectivity index (χ2n) is 21.0. The highest BCUT2D eigenvalue weighted by Crippen LogP contribution is 2.49. The number of carboxylic acids is 1. The number of nitrogens with one attached hydrogen (secondary N) is 1. The first-order chi connectivity index (χ1) is 30.1. The van der Waals surface area contributed by atoms with E-state index in [1.165, 1.54) is 12.3 Å². The Labute approximate surface area is 387 Å². The Morgan fingerprint density at radius 1 is 0.800 bits per heavy atom. The molecule has 2 heterocycles. The Bertz CT molecular complexity index is 2730. The highest BCUT2D eigenvalue weighted by molar-refractivity contribution is 7.90. The number of allylic oxidation sites excluding steroid dienone is 7. The van der Waals surface area contributed by atoms with Crippen LogP contribution in [0.4, 0.5) is 17.1 Å². The van der Waals surface area contributed by atoms with Crippen LogP contribution in [0.5, 0.6) is 0 Å². The van der Waals surface area contributed by atoms with Crippen molar-refractivity contribution in [2.45, 2.75) is 86.8 Å². The first-order valence-corrected chi connectivity index (χ1v) is 25.8. The van der Waals surface area contributed by atoms with Gasteiger partial charge < -0.3 is 24.3 Å². The van der Waals surface area contributed by atoms with Crippen LogP contribution in [-0.4, -0.2) is 126 Å². The molecule has 3 aliphatic rings. The number of fused-ring (bicyclic) bond motifs is 2. The van der Waals surface area contributed by atoms with Crippen molar-refractivity contribution in [3.63, 3.8) is 0 Å². The van der Waals surface area contributed by atoms with Gasteiger partial charge in [-0.25, -0.2) is 8.42 Å². The summed E-state index contributed by atoms with van der Waals surface area (Å²) in [6, 6.07) is 17.9. The average molecular weight is 929 g/mol. The third-order valence-corrected chi connectivity index (χ3v) is 14.8. The zero-order valence-electron chi connectivity index (χ0n) is 40.2. The molecule has 1 aliphatic carbocycles. The maximum atomic E-state index is 12.8. The maximum absolute atomic E-state index is 12.8. The van der Waals surface area contributed by atoms with E-state index in [1.807, 2.05) is 36.4 Å². The molecule has 0 aromatic heterocycles. The lowest BCUT2D eigenvalue weighted by Crippen LogP contribution is -2.37. The largest absolute Gasteiger partial charge is 0.481 e. The number of quaternary nitrogens is 2. The van der Waals surface area contributed by atoms with E-state index in [0.29, 0.717) is 10.5 Å². The standard InChI is InChI=1S/C51H67N5O7S2/c1-50(2)42-34-40(64(11,59)60)23-25-44(42)53(29-13-31-55(5,6)7)46(50)27-19-37-15-12-16-38(49(37)52-39-21-17-36(18-22-39)33-48(57)58)20-28-47-51(3,4)43-35-41(65(61,62)63)24-26-45(43)54(47)30-14-32-56(8,9)10/h17-28,34-35H,12-16,29-33H2,1-11H3/p+3. The summed E-state index contributed by atoms with van der Waals surface area (Å²) in [5, 5.41) is 13.2. The number of hydrogen-bond donors (Lipinski definition) is 3. The van der Waals surface area contributed by atoms with E-state index in [0.717, 1.165) is 124 Å². The number of carboxylic acid groups (broad SMARTS) is 1. The van der Waals surface area contributed by atoms with Crippen LogP contribution in [0.3, 0.4) is 0 Å². The molecule has 0 spiro atoms. The molecule has 0 amide bonds. The fourth-order valence-electron chi connectivity index (χ4n) is 9.39. The predicted molar refractivity (Wildman–Crippen MR) is 262 cm³/mol. The number of aliphatic carboxylic acids is 1. The van der Waals surface area contributed by atoms with Gasteiger partial charge in [0.2, 0.25) is 5.69 Å². The summed E-state index contributed by atoms with van der Waals surface area (Å²) >= 11 is 0. The van der Waals surface area contributed by atoms with Crippen LogP contribution >= 0.6 is 0 Å². The summed E-state index contributed by atoms with van der Waals surface area (Å²) in [6.07, 6.45) is 14.3. The smallest absolute Gasteiger partial charge is 0.307 e. The van der Waals surface area contributed by atoms with Gasteiger partial charge in [0, 0.05) is 65.1 Å². The lowest BCUT2D eigenvalue weighted by molar-refractivity contribution is -0.871. The maximum Gasteiger partial charge on any atom is 0.307 e. The van der Waals surface area contributed by atoms with Gasteiger partial charge in [-0.1, -0.05) is 38.1 Å². The second kappa shape index (κ2) is 18.4. The summed E-state index contributed by atoms with van der Waals surface area (Å²) < 4.78 is 64.2. The number of anilines is 2. The number of sulfone groups is 1. The van der Waals surface area contributed by atoms with Gasteiger partial charge in [0.05, 0.1) is 83.4 Å². The third-order valence-electron chi connectivity index (χ3n) is 12.9. The molecule has 3 aromatic carbocycles. The van der Waals surface area contributed by atoms with Crippen LogP contribution in [-0.2, 0) is 42.0 Å². The summed E-state index contributed by atoms with van der Waals surface area (Å²) in [4.78, 5) is 14.0. The van der Waals surface area contributed by atoms with Crippen LogP contribution in [0.2, 0.25) is 0 Å². The molecule has 0 saturated heterocycles. The first kappa shape index (κ1) is 49.6. The number of carbonyl (C=O) groups is 1. The van der Waals surface area contributed by atoms with E-state index in [9.17, 15) is 31.3 Å². The minimum atomic E-state index is -4.42. The van der Waals surface area contributed by atoms with Crippen LogP contribution < -0.4 is 10.2 Å². The summed E-state index contributed by atoms with van der Waals surface area (Å²) in [6.45, 7) is 11.9. The van der Waals surface area contributed by atoms with Crippen LogP contribution in [0.25, 0.3) is 0 Å². The fourth-order valence-corrected chi connectivity index (χ4v) is 10.5. The summed E-state index contributed by atoms with van der Waals surface area (Å²) in [5.41, 5.74) is 9.44. The molecular formula is C51H70N5O7S2+3. The van der Waals surface area contributed by atoms with Crippen molar-refractivity contribution in [2.75, 3.05) is 84.9 Å². The molecule has 0 fully saturated rings. The molecule has 0 atom stereocenters. The van der Waals surface area contributed by atoms with Crippen LogP contribution in [0.1, 0.15) is 76.5 Å². The van der Waals surface area contributed by atoms with E-state index in [1.54, 1.807) is 18.2 Å². The SMILES string of the molecule is CC1(C)C(=CC=C2CCCC(C=CC3=[N+](CCC[N+](C)(C)C)c4ccc(S(C)(=O)=O)cc4C3(C)C)=C2Nc2ccc(CC(=O)O)cc2)N(CCC[N+](C)(C)C)c2ccc(S(=O)(=O)O)cc21. The Kier molecular flexibility index (Phi) is 14.1. The highest BCUT2D eigenvalue weighted by atomic mass is 32.2. The van der Waals surface area contributed by atoms with Crippen molar-refractivity contribution in [3.05, 3.63) is 124 Å². The number of nitrogens with zero attached hydrogens (tertiary/aromatic N) is 4. The van der Waals surface area contributed by atoms with Crippen molar-refractivity contribution in [2.24, 2.45) is 0 Å². The fraction of sp³-hybridized carbons (Fsp3) is 0.451. The Balaban J connectivity index is 1.49. The van der Waals surface area contributed by atoms with Crippen LogP contribution in [0.15, 0.2) is 117 Å². The van der Waals surface area contributed by atoms with E-state index >= 15 is 0 Å². The van der Waals surface area contributed by atoms with Gasteiger partial charge in [0.1, 0.15) is 0 Å². The molecule has 65 heavy (non-hydrogen) atoms. The molecule has 14 heteroatoms. The van der Waals surface area contributed by atoms with Crippen molar-refractivity contribution in [1.82, 2.24) is 0 Å². The Hall–Kier alpha value is -4.86. The molecular weight excluding hydrogens is 859 g/mol. The normalized spacial score (nSPS) is 18.9. The van der Waals surface area contributed by atoms with Gasteiger partial charge in [0.25, 0.3) is 10.1 Å². The molecule has 6 rings (SSSR count). The molecule has 350 valence electrons. The van der Waals surface area contributed by atoms with E-state index in [4.69, 9.17) is 0 Å². The quantitative estimate of drug-likeness (QED) is 0.0693. The van der Waals surface area contributed by atoms with Gasteiger partial charge in [-0.2, -0.15) is 13.0 Å². The lowest BCUT2D eigenvalue weighted by atomic mass is 9.81. The minimum absolute atomic E-state index is 0.0708. The Morgan fingerprint density at radius 2 is 1.43 bits per heavy atom. The van der Waals surface area contributed by atoms with Crippen molar-refractivity contribution in [3.8, 4) is 0 Å². The molecule has 0 radical (unpaired) electrons. The number of benzene rings is 3. The van der Waals surface area contributed by atoms with E-state index < -0.39 is 36.8 Å². The van der Waals surface area contributed by atoms with Gasteiger partial charge >= 0.3 is 5.97 Å². The number of hydrogen-bond acceptors (Lipinski definition) is 7. The number of rotatable bonds is 17. The second-order valence-corrected chi connectivity index (χ2v) is 24.4. The van der Waals surface area contributed by atoms with Gasteiger partial charge in [0.15, 0.2) is 22.1 Å². The monoisotopic (exact) mass is 928 g/mol.